The van der Waals surface area contributed by atoms with Crippen molar-refractivity contribution in [3.05, 3.63) is 59.7 Å². The van der Waals surface area contributed by atoms with Gasteiger partial charge in [0.15, 0.2) is 5.96 Å². The number of carbonyl (C=O) groups is 1. The lowest BCUT2D eigenvalue weighted by Gasteiger charge is -2.20. The van der Waals surface area contributed by atoms with Gasteiger partial charge >= 0.3 is 0 Å². The Bertz CT molecular complexity index is 850. The molecule has 2 N–H and O–H groups in total. The monoisotopic (exact) mass is 380 g/mol. The van der Waals surface area contributed by atoms with Crippen LogP contribution in [-0.4, -0.2) is 44.7 Å². The summed E-state index contributed by atoms with van der Waals surface area (Å²) in [4.78, 5) is 18.6. The van der Waals surface area contributed by atoms with Gasteiger partial charge in [0.2, 0.25) is 5.91 Å². The molecule has 1 aliphatic rings. The number of aliphatic imine (C=N–C) groups is 1. The van der Waals surface area contributed by atoms with Crippen molar-refractivity contribution < 1.29 is 9.53 Å². The average molecular weight is 380 g/mol. The first-order valence-electron chi connectivity index (χ1n) is 9.63. The number of aryl methyl sites for hydroxylation is 1. The van der Waals surface area contributed by atoms with Gasteiger partial charge in [-0.1, -0.05) is 36.4 Å². The SMILES string of the molecule is CN=C(NCC(=O)N1CCc2ccccc21)NCC(C)Oc1ccccc1C. The number of rotatable bonds is 6. The van der Waals surface area contributed by atoms with Crippen LogP contribution in [0.15, 0.2) is 53.5 Å². The van der Waals surface area contributed by atoms with E-state index < -0.39 is 0 Å². The summed E-state index contributed by atoms with van der Waals surface area (Å²) in [5, 5.41) is 6.32. The molecule has 0 radical (unpaired) electrons. The van der Waals surface area contributed by atoms with Gasteiger partial charge < -0.3 is 20.3 Å². The number of fused-ring (bicyclic) bond motifs is 1. The summed E-state index contributed by atoms with van der Waals surface area (Å²) in [5.74, 6) is 1.50. The molecule has 0 aromatic heterocycles. The highest BCUT2D eigenvalue weighted by molar-refractivity contribution is 5.98. The fraction of sp³-hybridized carbons (Fsp3) is 0.364. The summed E-state index contributed by atoms with van der Waals surface area (Å²) in [6.45, 7) is 5.53. The lowest BCUT2D eigenvalue weighted by molar-refractivity contribution is -0.117. The fourth-order valence-electron chi connectivity index (χ4n) is 3.26. The summed E-state index contributed by atoms with van der Waals surface area (Å²) in [6.07, 6.45) is 0.864. The molecular formula is C22H28N4O2. The minimum atomic E-state index is -0.0409. The summed E-state index contributed by atoms with van der Waals surface area (Å²) in [6, 6.07) is 16.0. The van der Waals surface area contributed by atoms with Gasteiger partial charge in [0, 0.05) is 19.3 Å². The van der Waals surface area contributed by atoms with Gasteiger partial charge in [0.25, 0.3) is 0 Å². The van der Waals surface area contributed by atoms with E-state index in [4.69, 9.17) is 4.74 Å². The van der Waals surface area contributed by atoms with Gasteiger partial charge in [-0.3, -0.25) is 9.79 Å². The number of amides is 1. The molecule has 6 nitrogen and oxygen atoms in total. The Balaban J connectivity index is 1.46. The van der Waals surface area contributed by atoms with Gasteiger partial charge in [-0.25, -0.2) is 0 Å². The van der Waals surface area contributed by atoms with Crippen LogP contribution < -0.4 is 20.3 Å². The molecular weight excluding hydrogens is 352 g/mol. The second-order valence-corrected chi connectivity index (χ2v) is 6.92. The zero-order valence-electron chi connectivity index (χ0n) is 16.7. The molecule has 2 aromatic carbocycles. The average Bonchev–Trinajstić information content (AvgIpc) is 3.14. The molecule has 0 spiro atoms. The maximum absolute atomic E-state index is 12.6. The van der Waals surface area contributed by atoms with Gasteiger partial charge in [0.05, 0.1) is 13.1 Å². The van der Waals surface area contributed by atoms with Gasteiger partial charge in [-0.2, -0.15) is 0 Å². The largest absolute Gasteiger partial charge is 0.489 e. The molecule has 1 aliphatic heterocycles. The van der Waals surface area contributed by atoms with Gasteiger partial charge in [-0.15, -0.1) is 0 Å². The zero-order chi connectivity index (χ0) is 19.9. The summed E-state index contributed by atoms with van der Waals surface area (Å²) in [7, 11) is 1.69. The van der Waals surface area contributed by atoms with E-state index in [0.29, 0.717) is 12.5 Å². The van der Waals surface area contributed by atoms with Crippen molar-refractivity contribution in [3.8, 4) is 5.75 Å². The molecule has 0 bridgehead atoms. The maximum atomic E-state index is 12.6. The molecule has 0 saturated carbocycles. The van der Waals surface area contributed by atoms with E-state index in [0.717, 1.165) is 30.0 Å². The van der Waals surface area contributed by atoms with Crippen molar-refractivity contribution in [1.29, 1.82) is 0 Å². The Labute approximate surface area is 166 Å². The third-order valence-corrected chi connectivity index (χ3v) is 4.80. The third-order valence-electron chi connectivity index (χ3n) is 4.80. The molecule has 2 aromatic rings. The normalized spacial score (nSPS) is 14.4. The number of anilines is 1. The number of para-hydroxylation sites is 2. The quantitative estimate of drug-likeness (QED) is 0.597. The molecule has 6 heteroatoms. The number of guanidine groups is 1. The van der Waals surface area contributed by atoms with Crippen molar-refractivity contribution in [1.82, 2.24) is 10.6 Å². The predicted octanol–water partition coefficient (Wildman–Crippen LogP) is 2.52. The molecule has 1 amide bonds. The molecule has 0 fully saturated rings. The zero-order valence-corrected chi connectivity index (χ0v) is 16.7. The van der Waals surface area contributed by atoms with Crippen molar-refractivity contribution in [2.24, 2.45) is 4.99 Å². The summed E-state index contributed by atoms with van der Waals surface area (Å²) in [5.41, 5.74) is 3.34. The van der Waals surface area contributed by atoms with Crippen LogP contribution in [-0.2, 0) is 11.2 Å². The number of hydrogen-bond acceptors (Lipinski definition) is 3. The van der Waals surface area contributed by atoms with Crippen LogP contribution in [0, 0.1) is 6.92 Å². The highest BCUT2D eigenvalue weighted by Crippen LogP contribution is 2.27. The molecule has 0 aliphatic carbocycles. The Morgan fingerprint density at radius 2 is 1.93 bits per heavy atom. The molecule has 3 rings (SSSR count). The van der Waals surface area contributed by atoms with Crippen molar-refractivity contribution in [2.45, 2.75) is 26.4 Å². The van der Waals surface area contributed by atoms with E-state index in [2.05, 4.69) is 21.7 Å². The van der Waals surface area contributed by atoms with E-state index in [9.17, 15) is 4.79 Å². The lowest BCUT2D eigenvalue weighted by atomic mass is 10.2. The van der Waals surface area contributed by atoms with Gasteiger partial charge in [-0.05, 0) is 43.5 Å². The van der Waals surface area contributed by atoms with E-state index in [-0.39, 0.29) is 18.6 Å². The molecule has 0 saturated heterocycles. The highest BCUT2D eigenvalue weighted by atomic mass is 16.5. The first-order chi connectivity index (χ1) is 13.6. The number of hydrogen-bond donors (Lipinski definition) is 2. The van der Waals surface area contributed by atoms with E-state index >= 15 is 0 Å². The number of benzene rings is 2. The first-order valence-corrected chi connectivity index (χ1v) is 9.63. The standard InChI is InChI=1S/C22H28N4O2/c1-16-8-4-7-11-20(16)28-17(2)14-24-22(23-3)25-15-21(27)26-13-12-18-9-5-6-10-19(18)26/h4-11,17H,12-15H2,1-3H3,(H2,23,24,25). The van der Waals surface area contributed by atoms with Crippen LogP contribution in [0.4, 0.5) is 5.69 Å². The maximum Gasteiger partial charge on any atom is 0.246 e. The van der Waals surface area contributed by atoms with Gasteiger partial charge in [0.1, 0.15) is 11.9 Å². The van der Waals surface area contributed by atoms with E-state index in [1.54, 1.807) is 7.05 Å². The summed E-state index contributed by atoms with van der Waals surface area (Å²) < 4.78 is 5.97. The topological polar surface area (TPSA) is 66.0 Å². The fourth-order valence-corrected chi connectivity index (χ4v) is 3.26. The Hall–Kier alpha value is -3.02. The minimum Gasteiger partial charge on any atom is -0.489 e. The van der Waals surface area contributed by atoms with Crippen LogP contribution >= 0.6 is 0 Å². The number of carbonyl (C=O) groups excluding carboxylic acids is 1. The molecule has 1 unspecified atom stereocenters. The molecule has 28 heavy (non-hydrogen) atoms. The van der Waals surface area contributed by atoms with Crippen molar-refractivity contribution >= 4 is 17.6 Å². The Kier molecular flexibility index (Phi) is 6.53. The Morgan fingerprint density at radius 1 is 1.18 bits per heavy atom. The number of nitrogens with one attached hydrogen (secondary N) is 2. The number of ether oxygens (including phenoxy) is 1. The van der Waals surface area contributed by atoms with Crippen molar-refractivity contribution in [2.75, 3.05) is 31.6 Å². The smallest absolute Gasteiger partial charge is 0.246 e. The second-order valence-electron chi connectivity index (χ2n) is 6.92. The molecule has 148 valence electrons. The minimum absolute atomic E-state index is 0.0390. The third kappa shape index (κ3) is 4.82. The van der Waals surface area contributed by atoms with Crippen molar-refractivity contribution in [3.63, 3.8) is 0 Å². The van der Waals surface area contributed by atoms with Crippen LogP contribution in [0.1, 0.15) is 18.1 Å². The van der Waals surface area contributed by atoms with Crippen LogP contribution in [0.3, 0.4) is 0 Å². The number of nitrogens with zero attached hydrogens (tertiary/aromatic N) is 2. The first kappa shape index (κ1) is 19.7. The van der Waals surface area contributed by atoms with E-state index in [1.807, 2.05) is 61.2 Å². The summed E-state index contributed by atoms with van der Waals surface area (Å²) >= 11 is 0. The second kappa shape index (κ2) is 9.26. The Morgan fingerprint density at radius 3 is 2.71 bits per heavy atom. The highest BCUT2D eigenvalue weighted by Gasteiger charge is 2.23. The predicted molar refractivity (Wildman–Crippen MR) is 113 cm³/mol. The van der Waals surface area contributed by atoms with Crippen LogP contribution in [0.5, 0.6) is 5.75 Å². The molecule has 1 atom stereocenters. The lowest BCUT2D eigenvalue weighted by Crippen LogP contribution is -2.46. The molecule has 1 heterocycles. The van der Waals surface area contributed by atoms with Crippen LogP contribution in [0.2, 0.25) is 0 Å². The van der Waals surface area contributed by atoms with Crippen LogP contribution in [0.25, 0.3) is 0 Å². The van der Waals surface area contributed by atoms with E-state index in [1.165, 1.54) is 5.56 Å².